The van der Waals surface area contributed by atoms with Crippen LogP contribution in [-0.2, 0) is 6.54 Å². The SMILES string of the molecule is CN(C)CCOc1cccc(-c2cncc(-c3cc(CN)nc(-c4ccccn4)n3)c2)c1. The summed E-state index contributed by atoms with van der Waals surface area (Å²) in [5, 5.41) is 0. The molecule has 0 aliphatic carbocycles. The standard InChI is InChI=1S/C25H26N6O/c1-31(2)10-11-32-22-7-5-6-18(13-22)19-12-20(17-27-16-19)24-14-21(15-26)29-25(30-24)23-8-3-4-9-28-23/h3-9,12-14,16-17H,10-11,15,26H2,1-2H3. The molecule has 0 saturated carbocycles. The Morgan fingerprint density at radius 3 is 2.53 bits per heavy atom. The molecule has 3 heterocycles. The third-order valence-electron chi connectivity index (χ3n) is 4.89. The van der Waals surface area contributed by atoms with E-state index in [1.807, 2.05) is 68.8 Å². The molecule has 3 aromatic heterocycles. The van der Waals surface area contributed by atoms with Gasteiger partial charge in [0, 0.05) is 42.8 Å². The fourth-order valence-corrected chi connectivity index (χ4v) is 3.21. The minimum Gasteiger partial charge on any atom is -0.492 e. The van der Waals surface area contributed by atoms with E-state index in [1.54, 1.807) is 12.4 Å². The Morgan fingerprint density at radius 2 is 1.75 bits per heavy atom. The lowest BCUT2D eigenvalue weighted by Gasteiger charge is -2.12. The Kier molecular flexibility index (Phi) is 6.79. The number of aromatic nitrogens is 4. The first kappa shape index (κ1) is 21.5. The van der Waals surface area contributed by atoms with Crippen LogP contribution in [0.1, 0.15) is 5.69 Å². The van der Waals surface area contributed by atoms with Gasteiger partial charge in [-0.15, -0.1) is 0 Å². The molecule has 0 aliphatic rings. The Morgan fingerprint density at radius 1 is 0.875 bits per heavy atom. The molecular formula is C25H26N6O. The summed E-state index contributed by atoms with van der Waals surface area (Å²) in [7, 11) is 4.05. The van der Waals surface area contributed by atoms with Crippen molar-refractivity contribution in [2.75, 3.05) is 27.2 Å². The molecule has 2 N–H and O–H groups in total. The van der Waals surface area contributed by atoms with Gasteiger partial charge < -0.3 is 15.4 Å². The van der Waals surface area contributed by atoms with Crippen LogP contribution in [0.3, 0.4) is 0 Å². The Hall–Kier alpha value is -3.68. The van der Waals surface area contributed by atoms with Gasteiger partial charge in [0.15, 0.2) is 5.82 Å². The molecule has 162 valence electrons. The summed E-state index contributed by atoms with van der Waals surface area (Å²) in [5.41, 5.74) is 11.0. The molecule has 32 heavy (non-hydrogen) atoms. The molecule has 4 rings (SSSR count). The van der Waals surface area contributed by atoms with Crippen LogP contribution in [0.25, 0.3) is 33.9 Å². The molecule has 7 nitrogen and oxygen atoms in total. The van der Waals surface area contributed by atoms with Crippen molar-refractivity contribution in [1.82, 2.24) is 24.8 Å². The van der Waals surface area contributed by atoms with E-state index < -0.39 is 0 Å². The van der Waals surface area contributed by atoms with Gasteiger partial charge in [0.25, 0.3) is 0 Å². The second-order valence-corrected chi connectivity index (χ2v) is 7.63. The number of hydrogen-bond donors (Lipinski definition) is 1. The van der Waals surface area contributed by atoms with Crippen LogP contribution in [0.4, 0.5) is 0 Å². The smallest absolute Gasteiger partial charge is 0.178 e. The zero-order valence-corrected chi connectivity index (χ0v) is 18.3. The van der Waals surface area contributed by atoms with Crippen LogP contribution < -0.4 is 10.5 Å². The zero-order chi connectivity index (χ0) is 22.3. The highest BCUT2D eigenvalue weighted by molar-refractivity contribution is 5.71. The van der Waals surface area contributed by atoms with Gasteiger partial charge in [0.1, 0.15) is 18.1 Å². The lowest BCUT2D eigenvalue weighted by Crippen LogP contribution is -2.19. The maximum Gasteiger partial charge on any atom is 0.178 e. The summed E-state index contributed by atoms with van der Waals surface area (Å²) in [6.45, 7) is 1.81. The minimum absolute atomic E-state index is 0.314. The quantitative estimate of drug-likeness (QED) is 0.460. The van der Waals surface area contributed by atoms with Crippen molar-refractivity contribution in [3.05, 3.63) is 78.9 Å². The lowest BCUT2D eigenvalue weighted by atomic mass is 10.0. The molecule has 0 fully saturated rings. The number of ether oxygens (including phenoxy) is 1. The van der Waals surface area contributed by atoms with Crippen molar-refractivity contribution in [2.45, 2.75) is 6.54 Å². The molecule has 1 aromatic carbocycles. The topological polar surface area (TPSA) is 90.0 Å². The Balaban J connectivity index is 1.65. The third kappa shape index (κ3) is 5.32. The van der Waals surface area contributed by atoms with Crippen LogP contribution in [0.2, 0.25) is 0 Å². The summed E-state index contributed by atoms with van der Waals surface area (Å²) in [4.78, 5) is 20.2. The first-order valence-electron chi connectivity index (χ1n) is 10.4. The molecule has 0 saturated heterocycles. The van der Waals surface area contributed by atoms with Crippen LogP contribution in [-0.4, -0.2) is 52.1 Å². The van der Waals surface area contributed by atoms with Gasteiger partial charge in [-0.25, -0.2) is 9.97 Å². The molecule has 0 amide bonds. The van der Waals surface area contributed by atoms with Gasteiger partial charge in [-0.1, -0.05) is 18.2 Å². The van der Waals surface area contributed by atoms with Crippen LogP contribution in [0.5, 0.6) is 5.75 Å². The van der Waals surface area contributed by atoms with Gasteiger partial charge >= 0.3 is 0 Å². The van der Waals surface area contributed by atoms with Crippen molar-refractivity contribution in [3.63, 3.8) is 0 Å². The van der Waals surface area contributed by atoms with Crippen molar-refractivity contribution in [3.8, 4) is 39.7 Å². The van der Waals surface area contributed by atoms with Crippen LogP contribution >= 0.6 is 0 Å². The number of nitrogens with two attached hydrogens (primary N) is 1. The predicted molar refractivity (Wildman–Crippen MR) is 126 cm³/mol. The van der Waals surface area contributed by atoms with E-state index >= 15 is 0 Å². The second kappa shape index (κ2) is 10.1. The molecule has 0 spiro atoms. The number of nitrogens with zero attached hydrogens (tertiary/aromatic N) is 5. The molecule has 0 aliphatic heterocycles. The number of hydrogen-bond acceptors (Lipinski definition) is 7. The summed E-state index contributed by atoms with van der Waals surface area (Å²) in [6.07, 6.45) is 5.36. The van der Waals surface area contributed by atoms with Crippen molar-refractivity contribution >= 4 is 0 Å². The summed E-state index contributed by atoms with van der Waals surface area (Å²) >= 11 is 0. The van der Waals surface area contributed by atoms with E-state index in [2.05, 4.69) is 25.9 Å². The molecule has 0 radical (unpaired) electrons. The summed E-state index contributed by atoms with van der Waals surface area (Å²) in [6, 6.07) is 17.7. The largest absolute Gasteiger partial charge is 0.492 e. The summed E-state index contributed by atoms with van der Waals surface area (Å²) in [5.74, 6) is 1.38. The first-order chi connectivity index (χ1) is 15.6. The highest BCUT2D eigenvalue weighted by Crippen LogP contribution is 2.28. The fourth-order valence-electron chi connectivity index (χ4n) is 3.21. The molecule has 0 atom stereocenters. The lowest BCUT2D eigenvalue weighted by molar-refractivity contribution is 0.261. The molecule has 4 aromatic rings. The number of likely N-dealkylation sites (N-methyl/N-ethyl adjacent to an activating group) is 1. The monoisotopic (exact) mass is 426 g/mol. The van der Waals surface area contributed by atoms with E-state index in [1.165, 1.54) is 0 Å². The predicted octanol–water partition coefficient (Wildman–Crippen LogP) is 3.67. The maximum atomic E-state index is 5.90. The first-order valence-corrected chi connectivity index (χ1v) is 10.4. The van der Waals surface area contributed by atoms with Crippen LogP contribution in [0, 0.1) is 0 Å². The van der Waals surface area contributed by atoms with Gasteiger partial charge in [-0.3, -0.25) is 9.97 Å². The Labute approximate surface area is 188 Å². The van der Waals surface area contributed by atoms with Crippen molar-refractivity contribution in [1.29, 1.82) is 0 Å². The van der Waals surface area contributed by atoms with Gasteiger partial charge in [-0.05, 0) is 56.1 Å². The highest BCUT2D eigenvalue weighted by atomic mass is 16.5. The molecular weight excluding hydrogens is 400 g/mol. The summed E-state index contributed by atoms with van der Waals surface area (Å²) < 4.78 is 5.89. The van der Waals surface area contributed by atoms with E-state index in [-0.39, 0.29) is 0 Å². The highest BCUT2D eigenvalue weighted by Gasteiger charge is 2.11. The minimum atomic E-state index is 0.314. The fraction of sp³-hybridized carbons (Fsp3) is 0.200. The Bertz CT molecular complexity index is 1180. The van der Waals surface area contributed by atoms with Gasteiger partial charge in [0.05, 0.1) is 11.4 Å². The second-order valence-electron chi connectivity index (χ2n) is 7.63. The number of pyridine rings is 2. The average Bonchev–Trinajstić information content (AvgIpc) is 2.84. The zero-order valence-electron chi connectivity index (χ0n) is 18.3. The normalized spacial score (nSPS) is 11.0. The average molecular weight is 427 g/mol. The molecule has 0 bridgehead atoms. The van der Waals surface area contributed by atoms with E-state index in [9.17, 15) is 0 Å². The maximum absolute atomic E-state index is 5.90. The number of benzene rings is 1. The number of rotatable bonds is 8. The van der Waals surface area contributed by atoms with E-state index in [4.69, 9.17) is 15.5 Å². The van der Waals surface area contributed by atoms with Crippen LogP contribution in [0.15, 0.2) is 73.2 Å². The van der Waals surface area contributed by atoms with Crippen molar-refractivity contribution in [2.24, 2.45) is 5.73 Å². The third-order valence-corrected chi connectivity index (χ3v) is 4.89. The van der Waals surface area contributed by atoms with E-state index in [0.717, 1.165) is 40.4 Å². The van der Waals surface area contributed by atoms with Crippen molar-refractivity contribution < 1.29 is 4.74 Å². The van der Waals surface area contributed by atoms with Gasteiger partial charge in [0.2, 0.25) is 0 Å². The van der Waals surface area contributed by atoms with E-state index in [0.29, 0.717) is 24.7 Å². The van der Waals surface area contributed by atoms with Gasteiger partial charge in [-0.2, -0.15) is 0 Å². The molecule has 7 heteroatoms. The molecule has 0 unspecified atom stereocenters.